The van der Waals surface area contributed by atoms with Crippen LogP contribution < -0.4 is 10.1 Å². The zero-order valence-corrected chi connectivity index (χ0v) is 14.3. The summed E-state index contributed by atoms with van der Waals surface area (Å²) in [6.45, 7) is 3.97. The molecule has 1 aromatic rings. The van der Waals surface area contributed by atoms with Crippen molar-refractivity contribution in [1.29, 1.82) is 5.26 Å². The zero-order chi connectivity index (χ0) is 15.9. The third-order valence-corrected chi connectivity index (χ3v) is 4.03. The quantitative estimate of drug-likeness (QED) is 0.785. The molecule has 0 atom stereocenters. The van der Waals surface area contributed by atoms with Crippen molar-refractivity contribution < 1.29 is 9.53 Å². The van der Waals surface area contributed by atoms with Gasteiger partial charge in [-0.15, -0.1) is 0 Å². The van der Waals surface area contributed by atoms with Crippen molar-refractivity contribution in [3.8, 4) is 11.8 Å². The maximum Gasteiger partial charge on any atom is 0.244 e. The molecular weight excluding hydrogens is 332 g/mol. The first-order valence-corrected chi connectivity index (χ1v) is 7.88. The van der Waals surface area contributed by atoms with E-state index in [2.05, 4.69) is 27.3 Å². The number of nitriles is 1. The number of carbonyl (C=O) groups excluding carboxylic acids is 1. The van der Waals surface area contributed by atoms with E-state index in [0.29, 0.717) is 24.3 Å². The number of hydrogen-bond acceptors (Lipinski definition) is 3. The van der Waals surface area contributed by atoms with Crippen LogP contribution in [0.25, 0.3) is 0 Å². The second-order valence-corrected chi connectivity index (χ2v) is 5.85. The molecule has 0 radical (unpaired) electrons. The first kappa shape index (κ1) is 17.5. The van der Waals surface area contributed by atoms with Gasteiger partial charge in [0.1, 0.15) is 11.2 Å². The van der Waals surface area contributed by atoms with Crippen LogP contribution in [0.2, 0.25) is 0 Å². The second-order valence-electron chi connectivity index (χ2n) is 5.00. The number of ether oxygens (including phenoxy) is 1. The molecule has 0 aliphatic rings. The molecule has 21 heavy (non-hydrogen) atoms. The molecule has 0 spiro atoms. The van der Waals surface area contributed by atoms with Crippen LogP contribution in [0.3, 0.4) is 0 Å². The molecule has 0 aliphatic heterocycles. The van der Waals surface area contributed by atoms with Crippen LogP contribution in [-0.4, -0.2) is 13.0 Å². The fourth-order valence-corrected chi connectivity index (χ4v) is 2.90. The van der Waals surface area contributed by atoms with E-state index in [1.165, 1.54) is 0 Å². The van der Waals surface area contributed by atoms with E-state index in [1.54, 1.807) is 25.3 Å². The predicted molar refractivity (Wildman–Crippen MR) is 87.2 cm³/mol. The molecule has 0 saturated carbocycles. The van der Waals surface area contributed by atoms with Gasteiger partial charge in [-0.25, -0.2) is 0 Å². The first-order chi connectivity index (χ1) is 10.0. The summed E-state index contributed by atoms with van der Waals surface area (Å²) in [7, 11) is 1.58. The van der Waals surface area contributed by atoms with Gasteiger partial charge >= 0.3 is 0 Å². The van der Waals surface area contributed by atoms with Crippen molar-refractivity contribution in [2.24, 2.45) is 5.41 Å². The summed E-state index contributed by atoms with van der Waals surface area (Å²) < 4.78 is 5.92. The predicted octanol–water partition coefficient (Wildman–Crippen LogP) is 4.51. The SMILES string of the molecule is CCCC(C#N)(CCC)C(=O)Nc1ccc(OC)c(Br)c1. The number of carbonyl (C=O) groups is 1. The van der Waals surface area contributed by atoms with E-state index >= 15 is 0 Å². The van der Waals surface area contributed by atoms with Gasteiger partial charge in [0.2, 0.25) is 5.91 Å². The number of rotatable bonds is 7. The summed E-state index contributed by atoms with van der Waals surface area (Å²) in [6, 6.07) is 7.54. The Morgan fingerprint density at radius 1 is 1.38 bits per heavy atom. The molecule has 114 valence electrons. The molecule has 0 fully saturated rings. The summed E-state index contributed by atoms with van der Waals surface area (Å²) >= 11 is 3.38. The highest BCUT2D eigenvalue weighted by atomic mass is 79.9. The van der Waals surface area contributed by atoms with E-state index in [-0.39, 0.29) is 5.91 Å². The minimum absolute atomic E-state index is 0.231. The molecule has 0 unspecified atom stereocenters. The normalized spacial score (nSPS) is 10.8. The highest BCUT2D eigenvalue weighted by Gasteiger charge is 2.37. The molecule has 0 aromatic heterocycles. The number of halogens is 1. The van der Waals surface area contributed by atoms with Crippen LogP contribution >= 0.6 is 15.9 Å². The van der Waals surface area contributed by atoms with Gasteiger partial charge in [0, 0.05) is 5.69 Å². The summed E-state index contributed by atoms with van der Waals surface area (Å²) in [6.07, 6.45) is 2.74. The number of hydrogen-bond donors (Lipinski definition) is 1. The number of nitrogens with one attached hydrogen (secondary N) is 1. The fraction of sp³-hybridized carbons (Fsp3) is 0.500. The first-order valence-electron chi connectivity index (χ1n) is 7.09. The standard InChI is InChI=1S/C16H21BrN2O2/c1-4-8-16(11-18,9-5-2)15(20)19-12-6-7-14(21-3)13(17)10-12/h6-7,10H,4-5,8-9H2,1-3H3,(H,19,20). The van der Waals surface area contributed by atoms with E-state index in [4.69, 9.17) is 4.74 Å². The third-order valence-electron chi connectivity index (χ3n) is 3.41. The molecule has 0 saturated heterocycles. The maximum atomic E-state index is 12.5. The largest absolute Gasteiger partial charge is 0.496 e. The summed E-state index contributed by atoms with van der Waals surface area (Å²) in [5.74, 6) is 0.465. The lowest BCUT2D eigenvalue weighted by molar-refractivity contribution is -0.123. The Morgan fingerprint density at radius 3 is 2.43 bits per heavy atom. The monoisotopic (exact) mass is 352 g/mol. The lowest BCUT2D eigenvalue weighted by Crippen LogP contribution is -2.35. The smallest absolute Gasteiger partial charge is 0.244 e. The van der Waals surface area contributed by atoms with E-state index < -0.39 is 5.41 Å². The molecule has 1 rings (SSSR count). The maximum absolute atomic E-state index is 12.5. The molecule has 1 amide bonds. The van der Waals surface area contributed by atoms with Crippen LogP contribution in [0.5, 0.6) is 5.75 Å². The fourth-order valence-electron chi connectivity index (χ4n) is 2.36. The Labute approximate surface area is 134 Å². The minimum atomic E-state index is -0.949. The van der Waals surface area contributed by atoms with Gasteiger partial charge in [0.15, 0.2) is 0 Å². The second kappa shape index (κ2) is 8.04. The molecule has 1 aromatic carbocycles. The van der Waals surface area contributed by atoms with Crippen molar-refractivity contribution in [3.05, 3.63) is 22.7 Å². The number of methoxy groups -OCH3 is 1. The molecule has 4 nitrogen and oxygen atoms in total. The number of nitrogens with zero attached hydrogens (tertiary/aromatic N) is 1. The van der Waals surface area contributed by atoms with Crippen molar-refractivity contribution in [1.82, 2.24) is 0 Å². The Kier molecular flexibility index (Phi) is 6.70. The van der Waals surface area contributed by atoms with Crippen LogP contribution in [0.15, 0.2) is 22.7 Å². The van der Waals surface area contributed by atoms with E-state index in [0.717, 1.165) is 17.3 Å². The topological polar surface area (TPSA) is 62.1 Å². The Hall–Kier alpha value is -1.54. The average Bonchev–Trinajstić information content (AvgIpc) is 2.47. The van der Waals surface area contributed by atoms with E-state index in [9.17, 15) is 10.1 Å². The number of amides is 1. The lowest BCUT2D eigenvalue weighted by Gasteiger charge is -2.24. The Morgan fingerprint density at radius 2 is 2.00 bits per heavy atom. The van der Waals surface area contributed by atoms with Crippen LogP contribution in [0.4, 0.5) is 5.69 Å². The number of benzene rings is 1. The van der Waals surface area contributed by atoms with Gasteiger partial charge in [0.05, 0.1) is 17.7 Å². The van der Waals surface area contributed by atoms with Gasteiger partial charge in [-0.1, -0.05) is 26.7 Å². The van der Waals surface area contributed by atoms with Crippen molar-refractivity contribution in [2.45, 2.75) is 39.5 Å². The van der Waals surface area contributed by atoms with Crippen LogP contribution in [-0.2, 0) is 4.79 Å². The Balaban J connectivity index is 2.96. The molecular formula is C16H21BrN2O2. The van der Waals surface area contributed by atoms with Crippen molar-refractivity contribution in [3.63, 3.8) is 0 Å². The summed E-state index contributed by atoms with van der Waals surface area (Å²) in [5, 5.41) is 12.3. The van der Waals surface area contributed by atoms with Gasteiger partial charge in [-0.05, 0) is 47.0 Å². The third kappa shape index (κ3) is 4.21. The molecule has 5 heteroatoms. The summed E-state index contributed by atoms with van der Waals surface area (Å²) in [4.78, 5) is 12.5. The van der Waals surface area contributed by atoms with Crippen LogP contribution in [0, 0.1) is 16.7 Å². The summed E-state index contributed by atoms with van der Waals surface area (Å²) in [5.41, 5.74) is -0.296. The minimum Gasteiger partial charge on any atom is -0.496 e. The lowest BCUT2D eigenvalue weighted by atomic mass is 9.79. The van der Waals surface area contributed by atoms with Crippen LogP contribution in [0.1, 0.15) is 39.5 Å². The van der Waals surface area contributed by atoms with Crippen molar-refractivity contribution >= 4 is 27.5 Å². The van der Waals surface area contributed by atoms with E-state index in [1.807, 2.05) is 13.8 Å². The zero-order valence-electron chi connectivity index (χ0n) is 12.7. The van der Waals surface area contributed by atoms with Gasteiger partial charge < -0.3 is 10.1 Å². The Bertz CT molecular complexity index is 532. The molecule has 0 aliphatic carbocycles. The van der Waals surface area contributed by atoms with Gasteiger partial charge in [0.25, 0.3) is 0 Å². The number of anilines is 1. The molecule has 0 heterocycles. The van der Waals surface area contributed by atoms with Gasteiger partial charge in [-0.3, -0.25) is 4.79 Å². The molecule has 1 N–H and O–H groups in total. The average molecular weight is 353 g/mol. The highest BCUT2D eigenvalue weighted by Crippen LogP contribution is 2.32. The van der Waals surface area contributed by atoms with Gasteiger partial charge in [-0.2, -0.15) is 5.26 Å². The molecule has 0 bridgehead atoms. The highest BCUT2D eigenvalue weighted by molar-refractivity contribution is 9.10. The van der Waals surface area contributed by atoms with Crippen molar-refractivity contribution in [2.75, 3.05) is 12.4 Å².